The number of hydrogen-bond donors (Lipinski definition) is 1. The van der Waals surface area contributed by atoms with Gasteiger partial charge in [0.2, 0.25) is 0 Å². The van der Waals surface area contributed by atoms with Crippen molar-refractivity contribution in [3.05, 3.63) is 35.4 Å². The van der Waals surface area contributed by atoms with Crippen LogP contribution in [0, 0.1) is 0 Å². The molecule has 0 spiro atoms. The minimum Gasteiger partial charge on any atom is -0.466 e. The van der Waals surface area contributed by atoms with Crippen molar-refractivity contribution in [2.24, 2.45) is 5.73 Å². The Morgan fingerprint density at radius 3 is 2.67 bits per heavy atom. The molecule has 0 radical (unpaired) electrons. The summed E-state index contributed by atoms with van der Waals surface area (Å²) in [6.45, 7) is 2.05. The van der Waals surface area contributed by atoms with Crippen LogP contribution >= 0.6 is 0 Å². The van der Waals surface area contributed by atoms with Crippen molar-refractivity contribution in [1.29, 1.82) is 0 Å². The van der Waals surface area contributed by atoms with Crippen LogP contribution in [0.4, 0.5) is 0 Å². The Morgan fingerprint density at radius 2 is 2.11 bits per heavy atom. The van der Waals surface area contributed by atoms with Gasteiger partial charge in [0.1, 0.15) is 5.37 Å². The largest absolute Gasteiger partial charge is 0.466 e. The van der Waals surface area contributed by atoms with Crippen LogP contribution in [-0.2, 0) is 25.8 Å². The lowest BCUT2D eigenvalue weighted by atomic mass is 10.1. The number of benzene rings is 1. The van der Waals surface area contributed by atoms with E-state index in [1.54, 1.807) is 31.2 Å². The third-order valence-electron chi connectivity index (χ3n) is 2.39. The molecule has 1 rings (SSSR count). The van der Waals surface area contributed by atoms with Crippen LogP contribution in [0.2, 0.25) is 0 Å². The number of sulfone groups is 1. The second-order valence-corrected chi connectivity index (χ2v) is 6.14. The van der Waals surface area contributed by atoms with E-state index in [-0.39, 0.29) is 12.4 Å². The van der Waals surface area contributed by atoms with Gasteiger partial charge in [-0.3, -0.25) is 4.79 Å². The van der Waals surface area contributed by atoms with Crippen molar-refractivity contribution >= 4 is 15.8 Å². The van der Waals surface area contributed by atoms with E-state index in [1.807, 2.05) is 0 Å². The third-order valence-corrected chi connectivity index (χ3v) is 3.59. The van der Waals surface area contributed by atoms with E-state index in [0.717, 1.165) is 6.26 Å². The molecule has 0 aromatic heterocycles. The van der Waals surface area contributed by atoms with E-state index in [2.05, 4.69) is 0 Å². The zero-order chi connectivity index (χ0) is 13.8. The van der Waals surface area contributed by atoms with Crippen LogP contribution in [0.3, 0.4) is 0 Å². The first-order valence-corrected chi connectivity index (χ1v) is 7.49. The van der Waals surface area contributed by atoms with Gasteiger partial charge in [0, 0.05) is 6.26 Å². The van der Waals surface area contributed by atoms with E-state index in [4.69, 9.17) is 10.5 Å². The lowest BCUT2D eigenvalue weighted by molar-refractivity contribution is -0.142. The molecule has 18 heavy (non-hydrogen) atoms. The minimum atomic E-state index is -3.35. The van der Waals surface area contributed by atoms with Crippen molar-refractivity contribution < 1.29 is 17.9 Å². The van der Waals surface area contributed by atoms with Gasteiger partial charge >= 0.3 is 5.97 Å². The Labute approximate surface area is 107 Å². The maximum atomic E-state index is 11.4. The molecule has 0 saturated heterocycles. The average Bonchev–Trinajstić information content (AvgIpc) is 2.27. The Bertz CT molecular complexity index is 525. The smallest absolute Gasteiger partial charge is 0.310 e. The second-order valence-electron chi connectivity index (χ2n) is 3.98. The monoisotopic (exact) mass is 271 g/mol. The van der Waals surface area contributed by atoms with Gasteiger partial charge in [-0.15, -0.1) is 0 Å². The van der Waals surface area contributed by atoms with Gasteiger partial charge in [0.05, 0.1) is 13.0 Å². The molecular weight excluding hydrogens is 254 g/mol. The predicted octanol–water partition coefficient (Wildman–Crippen LogP) is 0.794. The van der Waals surface area contributed by atoms with Crippen molar-refractivity contribution in [2.75, 3.05) is 12.9 Å². The molecule has 1 atom stereocenters. The maximum Gasteiger partial charge on any atom is 0.310 e. The molecule has 1 unspecified atom stereocenters. The molecule has 0 amide bonds. The van der Waals surface area contributed by atoms with Crippen LogP contribution < -0.4 is 5.73 Å². The zero-order valence-electron chi connectivity index (χ0n) is 10.4. The average molecular weight is 271 g/mol. The molecule has 0 aliphatic carbocycles. The molecule has 0 aliphatic rings. The molecule has 6 heteroatoms. The second kappa shape index (κ2) is 5.97. The lowest BCUT2D eigenvalue weighted by Crippen LogP contribution is -2.20. The number of rotatable bonds is 5. The molecule has 0 aliphatic heterocycles. The van der Waals surface area contributed by atoms with Crippen molar-refractivity contribution in [2.45, 2.75) is 18.7 Å². The van der Waals surface area contributed by atoms with E-state index in [0.29, 0.717) is 17.7 Å². The molecule has 2 N–H and O–H groups in total. The number of carbonyl (C=O) groups is 1. The highest BCUT2D eigenvalue weighted by Crippen LogP contribution is 2.17. The Balaban J connectivity index is 2.89. The Kier molecular flexibility index (Phi) is 4.86. The van der Waals surface area contributed by atoms with E-state index >= 15 is 0 Å². The van der Waals surface area contributed by atoms with Crippen molar-refractivity contribution in [3.63, 3.8) is 0 Å². The summed E-state index contributed by atoms with van der Waals surface area (Å²) in [6.07, 6.45) is 1.19. The fraction of sp³-hybridized carbons (Fsp3) is 0.417. The molecular formula is C12H17NO4S. The first-order chi connectivity index (χ1) is 8.34. The van der Waals surface area contributed by atoms with E-state index in [1.165, 1.54) is 0 Å². The number of esters is 1. The summed E-state index contributed by atoms with van der Waals surface area (Å²) in [5, 5.41) is -1.07. The highest BCUT2D eigenvalue weighted by atomic mass is 32.2. The van der Waals surface area contributed by atoms with Crippen LogP contribution in [0.5, 0.6) is 0 Å². The maximum absolute atomic E-state index is 11.4. The molecule has 0 heterocycles. The summed E-state index contributed by atoms with van der Waals surface area (Å²) in [4.78, 5) is 11.3. The molecule has 1 aromatic rings. The highest BCUT2D eigenvalue weighted by molar-refractivity contribution is 7.90. The Hall–Kier alpha value is -1.40. The number of carbonyl (C=O) groups excluding carboxylic acids is 1. The fourth-order valence-corrected chi connectivity index (χ4v) is 2.15. The standard InChI is InChI=1S/C12H17NO4S/c1-3-17-11(14)8-9-5-4-6-10(7-9)12(13)18(2,15)16/h4-7,12H,3,8,13H2,1-2H3. The van der Waals surface area contributed by atoms with Crippen LogP contribution in [0.15, 0.2) is 24.3 Å². The first-order valence-electron chi connectivity index (χ1n) is 5.53. The molecule has 100 valence electrons. The van der Waals surface area contributed by atoms with Crippen molar-refractivity contribution in [1.82, 2.24) is 0 Å². The van der Waals surface area contributed by atoms with E-state index < -0.39 is 15.2 Å². The SMILES string of the molecule is CCOC(=O)Cc1cccc(C(N)S(C)(=O)=O)c1. The zero-order valence-corrected chi connectivity index (χ0v) is 11.2. The van der Waals surface area contributed by atoms with Gasteiger partial charge in [-0.2, -0.15) is 0 Å². The minimum absolute atomic E-state index is 0.109. The third kappa shape index (κ3) is 4.12. The van der Waals surface area contributed by atoms with E-state index in [9.17, 15) is 13.2 Å². The summed E-state index contributed by atoms with van der Waals surface area (Å²) in [7, 11) is -3.35. The van der Waals surface area contributed by atoms with Gasteiger partial charge < -0.3 is 10.5 Å². The van der Waals surface area contributed by atoms with Crippen LogP contribution in [0.25, 0.3) is 0 Å². The molecule has 0 fully saturated rings. The predicted molar refractivity (Wildman–Crippen MR) is 68.6 cm³/mol. The topological polar surface area (TPSA) is 86.5 Å². The quantitative estimate of drug-likeness (QED) is 0.800. The summed E-state index contributed by atoms with van der Waals surface area (Å²) >= 11 is 0. The highest BCUT2D eigenvalue weighted by Gasteiger charge is 2.18. The number of hydrogen-bond acceptors (Lipinski definition) is 5. The molecule has 0 bridgehead atoms. The van der Waals surface area contributed by atoms with Gasteiger partial charge in [-0.1, -0.05) is 24.3 Å². The summed E-state index contributed by atoms with van der Waals surface area (Å²) in [5.41, 5.74) is 6.78. The summed E-state index contributed by atoms with van der Waals surface area (Å²) in [6, 6.07) is 6.65. The lowest BCUT2D eigenvalue weighted by Gasteiger charge is -2.11. The number of nitrogens with two attached hydrogens (primary N) is 1. The van der Waals surface area contributed by atoms with Crippen molar-refractivity contribution in [3.8, 4) is 0 Å². The van der Waals surface area contributed by atoms with Gasteiger partial charge in [0.25, 0.3) is 0 Å². The summed E-state index contributed by atoms with van der Waals surface area (Å²) in [5.74, 6) is -0.345. The molecule has 0 saturated carbocycles. The fourth-order valence-electron chi connectivity index (χ4n) is 1.51. The van der Waals surface area contributed by atoms with Gasteiger partial charge in [0.15, 0.2) is 9.84 Å². The molecule has 1 aromatic carbocycles. The Morgan fingerprint density at radius 1 is 1.44 bits per heavy atom. The first kappa shape index (κ1) is 14.7. The molecule has 5 nitrogen and oxygen atoms in total. The van der Waals surface area contributed by atoms with Crippen LogP contribution in [0.1, 0.15) is 23.4 Å². The number of ether oxygens (including phenoxy) is 1. The van der Waals surface area contributed by atoms with Gasteiger partial charge in [-0.05, 0) is 18.1 Å². The van der Waals surface area contributed by atoms with Gasteiger partial charge in [-0.25, -0.2) is 8.42 Å². The summed E-state index contributed by atoms with van der Waals surface area (Å²) < 4.78 is 27.5. The normalized spacial score (nSPS) is 13.1. The van der Waals surface area contributed by atoms with Crippen LogP contribution in [-0.4, -0.2) is 27.2 Å².